The first-order valence-electron chi connectivity index (χ1n) is 6.92. The lowest BCUT2D eigenvalue weighted by atomic mass is 10.2. The summed E-state index contributed by atoms with van der Waals surface area (Å²) in [6.45, 7) is 6.99. The van der Waals surface area contributed by atoms with Crippen molar-refractivity contribution in [2.24, 2.45) is 10.8 Å². The summed E-state index contributed by atoms with van der Waals surface area (Å²) in [5, 5.41) is 0. The van der Waals surface area contributed by atoms with Gasteiger partial charge < -0.3 is 14.4 Å². The molecular formula is C12H25N5O2. The van der Waals surface area contributed by atoms with Gasteiger partial charge in [-0.05, 0) is 6.42 Å². The first-order chi connectivity index (χ1) is 9.35. The molecule has 0 bridgehead atoms. The molecule has 0 aliphatic carbocycles. The quantitative estimate of drug-likeness (QED) is 0.221. The van der Waals surface area contributed by atoms with E-state index in [0.717, 1.165) is 51.8 Å². The summed E-state index contributed by atoms with van der Waals surface area (Å²) in [5.41, 5.74) is 2.70. The van der Waals surface area contributed by atoms with E-state index in [0.29, 0.717) is 19.2 Å². The minimum atomic E-state index is 0.588. The zero-order valence-corrected chi connectivity index (χ0v) is 11.7. The molecule has 110 valence electrons. The molecule has 2 saturated heterocycles. The Balaban J connectivity index is 1.83. The molecular weight excluding hydrogens is 246 g/mol. The van der Waals surface area contributed by atoms with E-state index in [1.54, 1.807) is 7.11 Å². The van der Waals surface area contributed by atoms with Crippen LogP contribution in [0, 0.1) is 0 Å². The lowest BCUT2D eigenvalue weighted by Gasteiger charge is -2.32. The molecule has 2 fully saturated rings. The second-order valence-corrected chi connectivity index (χ2v) is 4.88. The molecule has 7 nitrogen and oxygen atoms in total. The first kappa shape index (κ1) is 14.5. The van der Waals surface area contributed by atoms with Crippen LogP contribution in [0.5, 0.6) is 0 Å². The summed E-state index contributed by atoms with van der Waals surface area (Å²) >= 11 is 0. The van der Waals surface area contributed by atoms with Crippen LogP contribution in [0.1, 0.15) is 6.42 Å². The monoisotopic (exact) mass is 271 g/mol. The van der Waals surface area contributed by atoms with Crippen LogP contribution in [0.2, 0.25) is 0 Å². The standard InChI is InChI=1S/C12H25N5O2/c1-18-7-3-14-12(15-13)17-4-2-11(10-17)16-5-8-19-9-6-16/h11H,2-10,13H2,1H3,(H,14,15). The average Bonchev–Trinajstić information content (AvgIpc) is 2.94. The fraction of sp³-hybridized carbons (Fsp3) is 0.917. The van der Waals surface area contributed by atoms with Crippen molar-refractivity contribution in [3.63, 3.8) is 0 Å². The molecule has 7 heteroatoms. The van der Waals surface area contributed by atoms with Crippen LogP contribution in [-0.2, 0) is 9.47 Å². The van der Waals surface area contributed by atoms with Gasteiger partial charge in [-0.25, -0.2) is 10.8 Å². The molecule has 0 radical (unpaired) electrons. The summed E-state index contributed by atoms with van der Waals surface area (Å²) in [6.07, 6.45) is 1.16. The van der Waals surface area contributed by atoms with Crippen molar-refractivity contribution in [1.82, 2.24) is 15.2 Å². The number of hydrogen-bond donors (Lipinski definition) is 2. The number of nitrogens with two attached hydrogens (primary N) is 1. The van der Waals surface area contributed by atoms with Crippen molar-refractivity contribution in [3.8, 4) is 0 Å². The predicted octanol–water partition coefficient (Wildman–Crippen LogP) is -1.14. The van der Waals surface area contributed by atoms with Gasteiger partial charge in [0.15, 0.2) is 0 Å². The van der Waals surface area contributed by atoms with Gasteiger partial charge in [0.2, 0.25) is 5.96 Å². The SMILES string of the molecule is COCCN=C(NN)N1CCC(N2CCOCC2)C1. The minimum absolute atomic E-state index is 0.588. The molecule has 3 N–H and O–H groups in total. The Morgan fingerprint density at radius 3 is 2.89 bits per heavy atom. The highest BCUT2D eigenvalue weighted by atomic mass is 16.5. The number of likely N-dealkylation sites (tertiary alicyclic amines) is 1. The number of hydrogen-bond acceptors (Lipinski definition) is 5. The largest absolute Gasteiger partial charge is 0.383 e. The number of nitrogens with zero attached hydrogens (tertiary/aromatic N) is 3. The van der Waals surface area contributed by atoms with Gasteiger partial charge in [0.1, 0.15) is 0 Å². The van der Waals surface area contributed by atoms with Crippen LogP contribution in [0.25, 0.3) is 0 Å². The van der Waals surface area contributed by atoms with Crippen LogP contribution in [0.15, 0.2) is 4.99 Å². The van der Waals surface area contributed by atoms with Crippen molar-refractivity contribution in [2.75, 3.05) is 59.7 Å². The third-order valence-electron chi connectivity index (χ3n) is 3.71. The topological polar surface area (TPSA) is 75.4 Å². The number of aliphatic imine (C=N–C) groups is 1. The van der Waals surface area contributed by atoms with Gasteiger partial charge in [0, 0.05) is 39.3 Å². The van der Waals surface area contributed by atoms with Gasteiger partial charge in [-0.2, -0.15) is 0 Å². The molecule has 1 atom stereocenters. The van der Waals surface area contributed by atoms with Crippen molar-refractivity contribution < 1.29 is 9.47 Å². The number of guanidine groups is 1. The molecule has 2 aliphatic heterocycles. The second kappa shape index (κ2) is 7.64. The van der Waals surface area contributed by atoms with Crippen molar-refractivity contribution in [2.45, 2.75) is 12.5 Å². The van der Waals surface area contributed by atoms with Crippen LogP contribution in [0.3, 0.4) is 0 Å². The lowest BCUT2D eigenvalue weighted by molar-refractivity contribution is 0.0195. The van der Waals surface area contributed by atoms with E-state index < -0.39 is 0 Å². The Hall–Kier alpha value is -0.890. The molecule has 0 saturated carbocycles. The number of rotatable bonds is 4. The van der Waals surface area contributed by atoms with E-state index in [4.69, 9.17) is 15.3 Å². The van der Waals surface area contributed by atoms with Gasteiger partial charge in [0.25, 0.3) is 0 Å². The molecule has 0 aromatic carbocycles. The molecule has 2 heterocycles. The van der Waals surface area contributed by atoms with E-state index in [2.05, 4.69) is 20.2 Å². The fourth-order valence-electron chi connectivity index (χ4n) is 2.65. The smallest absolute Gasteiger partial charge is 0.208 e. The number of nitrogens with one attached hydrogen (secondary N) is 1. The molecule has 0 amide bonds. The molecule has 0 aromatic heterocycles. The first-order valence-corrected chi connectivity index (χ1v) is 6.92. The highest BCUT2D eigenvalue weighted by molar-refractivity contribution is 5.79. The molecule has 2 rings (SSSR count). The summed E-state index contributed by atoms with van der Waals surface area (Å²) in [6, 6.07) is 0.588. The van der Waals surface area contributed by atoms with Crippen LogP contribution < -0.4 is 11.3 Å². The molecule has 0 aromatic rings. The number of hydrazine groups is 1. The average molecular weight is 271 g/mol. The van der Waals surface area contributed by atoms with Crippen LogP contribution in [-0.4, -0.2) is 81.5 Å². The maximum atomic E-state index is 5.56. The van der Waals surface area contributed by atoms with E-state index >= 15 is 0 Å². The maximum absolute atomic E-state index is 5.56. The molecule has 19 heavy (non-hydrogen) atoms. The Morgan fingerprint density at radius 2 is 2.21 bits per heavy atom. The Morgan fingerprint density at radius 1 is 1.42 bits per heavy atom. The number of methoxy groups -OCH3 is 1. The third-order valence-corrected chi connectivity index (χ3v) is 3.71. The van der Waals surface area contributed by atoms with Gasteiger partial charge in [-0.3, -0.25) is 10.3 Å². The summed E-state index contributed by atoms with van der Waals surface area (Å²) < 4.78 is 10.4. The third kappa shape index (κ3) is 4.04. The van der Waals surface area contributed by atoms with E-state index in [1.807, 2.05) is 0 Å². The van der Waals surface area contributed by atoms with Crippen molar-refractivity contribution in [1.29, 1.82) is 0 Å². The maximum Gasteiger partial charge on any atom is 0.208 e. The fourth-order valence-corrected chi connectivity index (χ4v) is 2.65. The predicted molar refractivity (Wildman–Crippen MR) is 73.9 cm³/mol. The molecule has 1 unspecified atom stereocenters. The molecule has 0 spiro atoms. The summed E-state index contributed by atoms with van der Waals surface area (Å²) in [4.78, 5) is 9.16. The van der Waals surface area contributed by atoms with Crippen LogP contribution in [0.4, 0.5) is 0 Å². The van der Waals surface area contributed by atoms with Gasteiger partial charge in [-0.15, -0.1) is 0 Å². The van der Waals surface area contributed by atoms with E-state index in [1.165, 1.54) is 0 Å². The zero-order valence-electron chi connectivity index (χ0n) is 11.7. The number of morpholine rings is 1. The highest BCUT2D eigenvalue weighted by Gasteiger charge is 2.30. The molecule has 2 aliphatic rings. The Bertz CT molecular complexity index is 294. The minimum Gasteiger partial charge on any atom is -0.383 e. The Kier molecular flexibility index (Phi) is 5.84. The van der Waals surface area contributed by atoms with E-state index in [9.17, 15) is 0 Å². The van der Waals surface area contributed by atoms with Gasteiger partial charge in [0.05, 0.1) is 26.4 Å². The van der Waals surface area contributed by atoms with Crippen LogP contribution >= 0.6 is 0 Å². The highest BCUT2D eigenvalue weighted by Crippen LogP contribution is 2.16. The van der Waals surface area contributed by atoms with E-state index in [-0.39, 0.29) is 0 Å². The van der Waals surface area contributed by atoms with Crippen molar-refractivity contribution >= 4 is 5.96 Å². The normalized spacial score (nSPS) is 25.9. The van der Waals surface area contributed by atoms with Gasteiger partial charge >= 0.3 is 0 Å². The lowest BCUT2D eigenvalue weighted by Crippen LogP contribution is -2.48. The Labute approximate surface area is 114 Å². The zero-order chi connectivity index (χ0) is 13.5. The van der Waals surface area contributed by atoms with Crippen molar-refractivity contribution in [3.05, 3.63) is 0 Å². The second-order valence-electron chi connectivity index (χ2n) is 4.88. The summed E-state index contributed by atoms with van der Waals surface area (Å²) in [5.74, 6) is 6.33. The van der Waals surface area contributed by atoms with Gasteiger partial charge in [-0.1, -0.05) is 0 Å². The number of ether oxygens (including phenoxy) is 2. The summed E-state index contributed by atoms with van der Waals surface area (Å²) in [7, 11) is 1.68.